The molecule has 1 aromatic rings. The van der Waals surface area contributed by atoms with Crippen molar-refractivity contribution in [2.45, 2.75) is 25.3 Å². The number of carbonyl (C=O) groups is 1. The normalized spacial score (nSPS) is 24.9. The number of rotatable bonds is 1. The summed E-state index contributed by atoms with van der Waals surface area (Å²) in [6, 6.07) is 4.11. The third-order valence-electron chi connectivity index (χ3n) is 3.79. The van der Waals surface area contributed by atoms with E-state index < -0.39 is 0 Å². The van der Waals surface area contributed by atoms with Crippen molar-refractivity contribution < 1.29 is 4.79 Å². The summed E-state index contributed by atoms with van der Waals surface area (Å²) >= 11 is 6.18. The van der Waals surface area contributed by atoms with Crippen molar-refractivity contribution in [1.29, 1.82) is 0 Å². The largest absolute Gasteiger partial charge is 0.347 e. The van der Waals surface area contributed by atoms with E-state index in [-0.39, 0.29) is 24.4 Å². The molecule has 3 rings (SSSR count). The van der Waals surface area contributed by atoms with Gasteiger partial charge in [-0.05, 0) is 23.6 Å². The minimum Gasteiger partial charge on any atom is -0.347 e. The van der Waals surface area contributed by atoms with Gasteiger partial charge in [-0.2, -0.15) is 0 Å². The first-order valence-electron chi connectivity index (χ1n) is 6.05. The van der Waals surface area contributed by atoms with Crippen molar-refractivity contribution in [1.82, 2.24) is 10.6 Å². The molecule has 2 heterocycles. The summed E-state index contributed by atoms with van der Waals surface area (Å²) in [5, 5.41) is 6.95. The van der Waals surface area contributed by atoms with Gasteiger partial charge in [0, 0.05) is 25.0 Å². The van der Waals surface area contributed by atoms with E-state index in [0.717, 1.165) is 19.5 Å². The van der Waals surface area contributed by atoms with Crippen molar-refractivity contribution in [2.75, 3.05) is 13.1 Å². The predicted molar refractivity (Wildman–Crippen MR) is 74.9 cm³/mol. The van der Waals surface area contributed by atoms with Crippen LogP contribution in [0, 0.1) is 0 Å². The molecule has 0 saturated carbocycles. The summed E-state index contributed by atoms with van der Waals surface area (Å²) < 4.78 is 0. The highest BCUT2D eigenvalue weighted by Gasteiger charge is 2.38. The van der Waals surface area contributed by atoms with Gasteiger partial charge in [0.15, 0.2) is 0 Å². The van der Waals surface area contributed by atoms with Crippen LogP contribution >= 0.6 is 24.0 Å². The van der Waals surface area contributed by atoms with E-state index in [1.807, 2.05) is 6.07 Å². The van der Waals surface area contributed by atoms with Gasteiger partial charge >= 0.3 is 0 Å². The second kappa shape index (κ2) is 5.08. The monoisotopic (exact) mass is 286 g/mol. The van der Waals surface area contributed by atoms with Gasteiger partial charge in [0.25, 0.3) is 5.91 Å². The summed E-state index contributed by atoms with van der Waals surface area (Å²) in [5.74, 6) is 0.349. The topological polar surface area (TPSA) is 41.1 Å². The van der Waals surface area contributed by atoms with Crippen LogP contribution in [0.2, 0.25) is 5.02 Å². The Morgan fingerprint density at radius 2 is 2.17 bits per heavy atom. The van der Waals surface area contributed by atoms with Crippen molar-refractivity contribution in [3.05, 3.63) is 33.8 Å². The summed E-state index contributed by atoms with van der Waals surface area (Å²) in [5.41, 5.74) is 3.10. The zero-order valence-electron chi connectivity index (χ0n) is 10.1. The lowest BCUT2D eigenvalue weighted by Crippen LogP contribution is -2.44. The van der Waals surface area contributed by atoms with Gasteiger partial charge in [0.1, 0.15) is 0 Å². The third kappa shape index (κ3) is 1.91. The Morgan fingerprint density at radius 1 is 1.39 bits per heavy atom. The molecule has 0 aromatic heterocycles. The Kier molecular flexibility index (Phi) is 3.85. The molecule has 2 atom stereocenters. The maximum Gasteiger partial charge on any atom is 0.253 e. The molecule has 5 heteroatoms. The Morgan fingerprint density at radius 3 is 2.89 bits per heavy atom. The maximum absolute atomic E-state index is 12.1. The standard InChI is InChI=1S/C13H15ClN2O.ClH/c1-2-7-3-4-9(14)12-11(7)8-5-15-6-10(8)16-13(12)17;/h3-4,8,10,15H,2,5-6H2,1H3,(H,16,17);1H/t8-,10-;/m1./s1. The molecule has 1 fully saturated rings. The molecule has 1 saturated heterocycles. The Bertz CT molecular complexity index is 490. The molecule has 0 spiro atoms. The molecule has 98 valence electrons. The number of carbonyl (C=O) groups excluding carboxylic acids is 1. The Balaban J connectivity index is 0.00000120. The number of amides is 1. The summed E-state index contributed by atoms with van der Waals surface area (Å²) in [4.78, 5) is 12.1. The quantitative estimate of drug-likeness (QED) is 0.830. The lowest BCUT2D eigenvalue weighted by atomic mass is 9.82. The van der Waals surface area contributed by atoms with Gasteiger partial charge in [-0.25, -0.2) is 0 Å². The van der Waals surface area contributed by atoms with Crippen LogP contribution in [0.15, 0.2) is 12.1 Å². The smallest absolute Gasteiger partial charge is 0.253 e. The fourth-order valence-corrected chi connectivity index (χ4v) is 3.22. The fourth-order valence-electron chi connectivity index (χ4n) is 2.97. The highest BCUT2D eigenvalue weighted by molar-refractivity contribution is 6.34. The minimum absolute atomic E-state index is 0. The van der Waals surface area contributed by atoms with Crippen molar-refractivity contribution in [3.63, 3.8) is 0 Å². The average Bonchev–Trinajstić information content (AvgIpc) is 2.77. The number of halogens is 2. The molecule has 1 amide bonds. The molecule has 2 aliphatic rings. The predicted octanol–water partition coefficient (Wildman–Crippen LogP) is 2.12. The zero-order valence-corrected chi connectivity index (χ0v) is 11.7. The summed E-state index contributed by atoms with van der Waals surface area (Å²) in [7, 11) is 0. The maximum atomic E-state index is 12.1. The SMILES string of the molecule is CCc1ccc(Cl)c2c1[C@@H]1CNC[C@H]1NC2=O.Cl. The van der Waals surface area contributed by atoms with E-state index in [9.17, 15) is 4.79 Å². The van der Waals surface area contributed by atoms with Crippen molar-refractivity contribution in [2.24, 2.45) is 0 Å². The first-order valence-corrected chi connectivity index (χ1v) is 6.43. The van der Waals surface area contributed by atoms with E-state index in [2.05, 4.69) is 23.6 Å². The molecule has 3 nitrogen and oxygen atoms in total. The number of aryl methyl sites for hydroxylation is 1. The fraction of sp³-hybridized carbons (Fsp3) is 0.462. The van der Waals surface area contributed by atoms with E-state index in [0.29, 0.717) is 16.5 Å². The lowest BCUT2D eigenvalue weighted by molar-refractivity contribution is 0.0924. The van der Waals surface area contributed by atoms with Gasteiger partial charge in [-0.3, -0.25) is 4.79 Å². The molecule has 0 aliphatic carbocycles. The number of fused-ring (bicyclic) bond motifs is 3. The molecular weight excluding hydrogens is 271 g/mol. The van der Waals surface area contributed by atoms with Crippen LogP contribution in [-0.4, -0.2) is 25.0 Å². The van der Waals surface area contributed by atoms with Gasteiger partial charge in [0.05, 0.1) is 10.6 Å². The molecule has 0 radical (unpaired) electrons. The van der Waals surface area contributed by atoms with Gasteiger partial charge in [0.2, 0.25) is 0 Å². The lowest BCUT2D eigenvalue weighted by Gasteiger charge is -2.30. The van der Waals surface area contributed by atoms with E-state index in [4.69, 9.17) is 11.6 Å². The van der Waals surface area contributed by atoms with Gasteiger partial charge < -0.3 is 10.6 Å². The van der Waals surface area contributed by atoms with Crippen molar-refractivity contribution >= 4 is 29.9 Å². The second-order valence-corrected chi connectivity index (χ2v) is 5.10. The second-order valence-electron chi connectivity index (χ2n) is 4.69. The van der Waals surface area contributed by atoms with Crippen LogP contribution in [0.3, 0.4) is 0 Å². The van der Waals surface area contributed by atoms with E-state index in [1.54, 1.807) is 0 Å². The molecule has 0 bridgehead atoms. The van der Waals surface area contributed by atoms with E-state index >= 15 is 0 Å². The number of hydrogen-bond acceptors (Lipinski definition) is 2. The molecule has 1 aromatic carbocycles. The van der Waals surface area contributed by atoms with Crippen molar-refractivity contribution in [3.8, 4) is 0 Å². The number of hydrogen-bond donors (Lipinski definition) is 2. The van der Waals surface area contributed by atoms with Gasteiger partial charge in [-0.15, -0.1) is 12.4 Å². The van der Waals surface area contributed by atoms with Crippen LogP contribution in [0.1, 0.15) is 34.3 Å². The molecule has 0 unspecified atom stereocenters. The number of benzene rings is 1. The third-order valence-corrected chi connectivity index (χ3v) is 4.11. The molecule has 18 heavy (non-hydrogen) atoms. The highest BCUT2D eigenvalue weighted by Crippen LogP contribution is 2.36. The number of nitrogens with one attached hydrogen (secondary N) is 2. The first-order chi connectivity index (χ1) is 8.22. The highest BCUT2D eigenvalue weighted by atomic mass is 35.5. The average molecular weight is 287 g/mol. The van der Waals surface area contributed by atoms with E-state index in [1.165, 1.54) is 11.1 Å². The summed E-state index contributed by atoms with van der Waals surface area (Å²) in [6.07, 6.45) is 0.940. The molecule has 2 aliphatic heterocycles. The molecule has 2 N–H and O–H groups in total. The van der Waals surface area contributed by atoms with Gasteiger partial charge in [-0.1, -0.05) is 24.6 Å². The van der Waals surface area contributed by atoms with Crippen LogP contribution in [0.25, 0.3) is 0 Å². The molecular formula is C13H16Cl2N2O. The van der Waals surface area contributed by atoms with Crippen LogP contribution < -0.4 is 10.6 Å². The Labute approximate surface area is 118 Å². The summed E-state index contributed by atoms with van der Waals surface area (Å²) in [6.45, 7) is 3.89. The minimum atomic E-state index is -0.0229. The van der Waals surface area contributed by atoms with Crippen LogP contribution in [0.5, 0.6) is 0 Å². The van der Waals surface area contributed by atoms with Crippen LogP contribution in [-0.2, 0) is 6.42 Å². The first kappa shape index (κ1) is 13.7. The van der Waals surface area contributed by atoms with Crippen LogP contribution in [0.4, 0.5) is 0 Å². The Hall–Kier alpha value is -0.770. The zero-order chi connectivity index (χ0) is 12.0.